The molecule has 0 radical (unpaired) electrons. The first kappa shape index (κ1) is 14.3. The van der Waals surface area contributed by atoms with E-state index in [0.29, 0.717) is 6.54 Å². The number of nitrogens with one attached hydrogen (secondary N) is 1. The molecule has 0 aliphatic rings. The number of pyridine rings is 1. The maximum absolute atomic E-state index is 13.2. The van der Waals surface area contributed by atoms with Crippen LogP contribution in [-0.2, 0) is 17.8 Å². The molecular formula is C11H16F2N2OS. The van der Waals surface area contributed by atoms with E-state index in [0.717, 1.165) is 12.3 Å². The van der Waals surface area contributed by atoms with Gasteiger partial charge in [-0.2, -0.15) is 0 Å². The SMILES string of the molecule is CC(C)(C)[S+]([O-])NCCc1ncc(F)cc1F. The molecule has 1 N–H and O–H groups in total. The molecule has 3 nitrogen and oxygen atoms in total. The molecule has 0 spiro atoms. The Morgan fingerprint density at radius 2 is 2.06 bits per heavy atom. The summed E-state index contributed by atoms with van der Waals surface area (Å²) in [5.41, 5.74) is 0.171. The van der Waals surface area contributed by atoms with E-state index in [-0.39, 0.29) is 16.9 Å². The van der Waals surface area contributed by atoms with Crippen LogP contribution in [0.25, 0.3) is 0 Å². The Labute approximate surface area is 103 Å². The lowest BCUT2D eigenvalue weighted by Crippen LogP contribution is -2.40. The molecule has 1 heterocycles. The monoisotopic (exact) mass is 262 g/mol. The van der Waals surface area contributed by atoms with E-state index in [1.54, 1.807) is 0 Å². The highest BCUT2D eigenvalue weighted by Gasteiger charge is 2.25. The molecule has 0 fully saturated rings. The van der Waals surface area contributed by atoms with Crippen LogP contribution in [0.5, 0.6) is 0 Å². The molecule has 96 valence electrons. The van der Waals surface area contributed by atoms with Crippen molar-refractivity contribution in [1.29, 1.82) is 0 Å². The molecule has 0 aliphatic heterocycles. The van der Waals surface area contributed by atoms with Gasteiger partial charge in [-0.25, -0.2) is 8.78 Å². The average Bonchev–Trinajstić information content (AvgIpc) is 2.19. The first-order valence-corrected chi connectivity index (χ1v) is 6.41. The van der Waals surface area contributed by atoms with Gasteiger partial charge in [0.15, 0.2) is 0 Å². The zero-order chi connectivity index (χ0) is 13.1. The van der Waals surface area contributed by atoms with Crippen LogP contribution in [0.2, 0.25) is 0 Å². The van der Waals surface area contributed by atoms with Gasteiger partial charge in [0.25, 0.3) is 0 Å². The van der Waals surface area contributed by atoms with Crippen molar-refractivity contribution in [1.82, 2.24) is 9.71 Å². The van der Waals surface area contributed by atoms with Crippen molar-refractivity contribution in [3.05, 3.63) is 29.6 Å². The third-order valence-electron chi connectivity index (χ3n) is 2.04. The van der Waals surface area contributed by atoms with Gasteiger partial charge in [-0.1, -0.05) is 0 Å². The lowest BCUT2D eigenvalue weighted by Gasteiger charge is -2.23. The molecule has 0 saturated heterocycles. The van der Waals surface area contributed by atoms with Crippen molar-refractivity contribution >= 4 is 11.4 Å². The average molecular weight is 262 g/mol. The van der Waals surface area contributed by atoms with Crippen LogP contribution in [0, 0.1) is 11.6 Å². The number of halogens is 2. The van der Waals surface area contributed by atoms with Gasteiger partial charge in [0, 0.05) is 30.4 Å². The fourth-order valence-corrected chi connectivity index (χ4v) is 1.83. The largest absolute Gasteiger partial charge is 0.598 e. The second-order valence-electron chi connectivity index (χ2n) is 4.61. The third-order valence-corrected chi connectivity index (χ3v) is 3.61. The van der Waals surface area contributed by atoms with Crippen molar-refractivity contribution < 1.29 is 13.3 Å². The van der Waals surface area contributed by atoms with Crippen molar-refractivity contribution in [2.45, 2.75) is 31.9 Å². The number of nitrogens with zero attached hydrogens (tertiary/aromatic N) is 1. The summed E-state index contributed by atoms with van der Waals surface area (Å²) in [6.07, 6.45) is 1.24. The second-order valence-corrected chi connectivity index (χ2v) is 6.66. The molecule has 1 rings (SSSR count). The van der Waals surface area contributed by atoms with Crippen LogP contribution >= 0.6 is 0 Å². The molecule has 1 atom stereocenters. The number of hydrogen-bond donors (Lipinski definition) is 1. The smallest absolute Gasteiger partial charge is 0.147 e. The first-order valence-electron chi connectivity index (χ1n) is 5.26. The standard InChI is InChI=1S/C11H16F2N2OS/c1-11(2,3)17(16)15-5-4-10-9(13)6-8(12)7-14-10/h6-7,15H,4-5H2,1-3H3. The highest BCUT2D eigenvalue weighted by molar-refractivity contribution is 7.90. The minimum atomic E-state index is -1.20. The van der Waals surface area contributed by atoms with E-state index >= 15 is 0 Å². The number of rotatable bonds is 4. The molecule has 0 aliphatic carbocycles. The van der Waals surface area contributed by atoms with E-state index in [1.165, 1.54) is 0 Å². The topological polar surface area (TPSA) is 48.0 Å². The first-order chi connectivity index (χ1) is 7.80. The van der Waals surface area contributed by atoms with E-state index in [2.05, 4.69) is 9.71 Å². The van der Waals surface area contributed by atoms with Crippen LogP contribution in [0.1, 0.15) is 26.5 Å². The van der Waals surface area contributed by atoms with Gasteiger partial charge in [-0.3, -0.25) is 4.98 Å². The fourth-order valence-electron chi connectivity index (χ4n) is 1.11. The number of hydrogen-bond acceptors (Lipinski definition) is 3. The molecule has 6 heteroatoms. The van der Waals surface area contributed by atoms with Crippen molar-refractivity contribution in [3.63, 3.8) is 0 Å². The van der Waals surface area contributed by atoms with Gasteiger partial charge in [0.2, 0.25) is 0 Å². The zero-order valence-corrected chi connectivity index (χ0v) is 10.9. The summed E-state index contributed by atoms with van der Waals surface area (Å²) >= 11 is -1.20. The van der Waals surface area contributed by atoms with Crippen LogP contribution in [0.15, 0.2) is 12.3 Å². The quantitative estimate of drug-likeness (QED) is 0.844. The highest BCUT2D eigenvalue weighted by atomic mass is 32.2. The normalized spacial score (nSPS) is 13.8. The Bertz CT molecular complexity index is 382. The summed E-state index contributed by atoms with van der Waals surface area (Å²) in [4.78, 5) is 3.65. The van der Waals surface area contributed by atoms with Gasteiger partial charge in [-0.15, -0.1) is 4.72 Å². The predicted molar refractivity (Wildman–Crippen MR) is 63.8 cm³/mol. The maximum Gasteiger partial charge on any atom is 0.147 e. The Kier molecular flexibility index (Phi) is 4.85. The van der Waals surface area contributed by atoms with E-state index in [1.807, 2.05) is 20.8 Å². The van der Waals surface area contributed by atoms with Gasteiger partial charge < -0.3 is 4.55 Å². The van der Waals surface area contributed by atoms with Crippen molar-refractivity contribution in [2.75, 3.05) is 6.54 Å². The van der Waals surface area contributed by atoms with Crippen molar-refractivity contribution in [2.24, 2.45) is 0 Å². The second kappa shape index (κ2) is 5.75. The summed E-state index contributed by atoms with van der Waals surface area (Å²) in [6.45, 7) is 5.85. The van der Waals surface area contributed by atoms with Crippen molar-refractivity contribution in [3.8, 4) is 0 Å². The Balaban J connectivity index is 2.46. The summed E-state index contributed by atoms with van der Waals surface area (Å²) < 4.78 is 39.8. The van der Waals surface area contributed by atoms with Crippen LogP contribution in [-0.4, -0.2) is 20.8 Å². The van der Waals surface area contributed by atoms with E-state index in [4.69, 9.17) is 0 Å². The molecule has 1 unspecified atom stereocenters. The molecule has 0 bridgehead atoms. The molecular weight excluding hydrogens is 246 g/mol. The molecule has 1 aromatic rings. The van der Waals surface area contributed by atoms with Crippen LogP contribution < -0.4 is 4.72 Å². The minimum absolute atomic E-state index is 0.171. The Morgan fingerprint density at radius 1 is 1.41 bits per heavy atom. The molecule has 1 aromatic heterocycles. The maximum atomic E-state index is 13.2. The van der Waals surface area contributed by atoms with E-state index in [9.17, 15) is 13.3 Å². The van der Waals surface area contributed by atoms with E-state index < -0.39 is 23.0 Å². The molecule has 0 amide bonds. The van der Waals surface area contributed by atoms with Gasteiger partial charge >= 0.3 is 0 Å². The molecule has 0 aromatic carbocycles. The third kappa shape index (κ3) is 4.57. The van der Waals surface area contributed by atoms with Crippen LogP contribution in [0.3, 0.4) is 0 Å². The molecule has 0 saturated carbocycles. The van der Waals surface area contributed by atoms with Gasteiger partial charge in [-0.05, 0) is 20.8 Å². The van der Waals surface area contributed by atoms with Gasteiger partial charge in [0.05, 0.1) is 11.9 Å². The zero-order valence-electron chi connectivity index (χ0n) is 10.1. The minimum Gasteiger partial charge on any atom is -0.598 e. The lowest BCUT2D eigenvalue weighted by molar-refractivity contribution is 0.538. The fraction of sp³-hybridized carbons (Fsp3) is 0.545. The highest BCUT2D eigenvalue weighted by Crippen LogP contribution is 2.13. The predicted octanol–water partition coefficient (Wildman–Crippen LogP) is 1.95. The lowest BCUT2D eigenvalue weighted by atomic mass is 10.2. The van der Waals surface area contributed by atoms with Crippen LogP contribution in [0.4, 0.5) is 8.78 Å². The summed E-state index contributed by atoms with van der Waals surface area (Å²) in [5, 5.41) is 0. The Morgan fingerprint density at radius 3 is 2.59 bits per heavy atom. The van der Waals surface area contributed by atoms with Gasteiger partial charge in [0.1, 0.15) is 16.4 Å². The number of aromatic nitrogens is 1. The summed E-state index contributed by atoms with van der Waals surface area (Å²) in [5.74, 6) is -1.37. The molecule has 17 heavy (non-hydrogen) atoms. The Hall–Kier alpha value is -0.720. The summed E-state index contributed by atoms with van der Waals surface area (Å²) in [7, 11) is 0. The summed E-state index contributed by atoms with van der Waals surface area (Å²) in [6, 6.07) is 0.795.